The van der Waals surface area contributed by atoms with Crippen molar-refractivity contribution in [2.75, 3.05) is 0 Å². The number of carboxylic acid groups (broad SMARTS) is 4. The maximum Gasteiger partial charge on any atom is 2.00 e. The summed E-state index contributed by atoms with van der Waals surface area (Å²) in [5, 5.41) is 44.9. The number of carbonyl (C=O) groups is 4. The van der Waals surface area contributed by atoms with Gasteiger partial charge in [0.2, 0.25) is 0 Å². The van der Waals surface area contributed by atoms with Gasteiger partial charge in [0.1, 0.15) is 45.6 Å². The molecular formula is C32H36Fe2N8O16+4. The first kappa shape index (κ1) is 63.3. The van der Waals surface area contributed by atoms with Crippen LogP contribution >= 0.6 is 0 Å². The minimum Gasteiger partial charge on any atom is -0.543 e. The summed E-state index contributed by atoms with van der Waals surface area (Å²) in [5.74, 6) is -7.09. The zero-order valence-corrected chi connectivity index (χ0v) is 31.3. The smallest absolute Gasteiger partial charge is 0.543 e. The second-order valence-corrected chi connectivity index (χ2v) is 9.25. The zero-order valence-electron chi connectivity index (χ0n) is 29.1. The molecule has 6 rings (SSSR count). The molecule has 0 saturated heterocycles. The monoisotopic (exact) mass is 900 g/mol. The normalized spacial score (nSPS) is 8.55. The van der Waals surface area contributed by atoms with Crippen LogP contribution in [-0.2, 0) is 56.0 Å². The van der Waals surface area contributed by atoms with Gasteiger partial charge in [0.25, 0.3) is 0 Å². The van der Waals surface area contributed by atoms with Crippen LogP contribution in [0.15, 0.2) is 97.6 Å². The Labute approximate surface area is 346 Å². The van der Waals surface area contributed by atoms with E-state index in [2.05, 4.69) is 39.9 Å². The van der Waals surface area contributed by atoms with Gasteiger partial charge in [-0.3, -0.25) is 19.9 Å². The Kier molecular flexibility index (Phi) is 31.3. The molecule has 312 valence electrons. The molecular weight excluding hydrogens is 864 g/mol. The quantitative estimate of drug-likeness (QED) is 0.101. The van der Waals surface area contributed by atoms with Gasteiger partial charge >= 0.3 is 34.1 Å². The largest absolute Gasteiger partial charge is 2.00 e. The van der Waals surface area contributed by atoms with Gasteiger partial charge in [-0.2, -0.15) is 0 Å². The molecule has 0 saturated carbocycles. The minimum absolute atomic E-state index is 0. The van der Waals surface area contributed by atoms with Crippen molar-refractivity contribution in [2.45, 2.75) is 0 Å². The molecule has 24 nitrogen and oxygen atoms in total. The van der Waals surface area contributed by atoms with Crippen molar-refractivity contribution in [3.8, 4) is 45.6 Å². The van der Waals surface area contributed by atoms with Crippen molar-refractivity contribution in [1.82, 2.24) is 39.9 Å². The van der Waals surface area contributed by atoms with Gasteiger partial charge in [-0.25, -0.2) is 19.9 Å². The van der Waals surface area contributed by atoms with Gasteiger partial charge in [0.15, 0.2) is 0 Å². The van der Waals surface area contributed by atoms with E-state index in [0.29, 0.717) is 22.8 Å². The van der Waals surface area contributed by atoms with Crippen molar-refractivity contribution >= 4 is 23.9 Å². The van der Waals surface area contributed by atoms with E-state index in [9.17, 15) is 39.6 Å². The van der Waals surface area contributed by atoms with Crippen molar-refractivity contribution in [3.63, 3.8) is 0 Å². The molecule has 0 bridgehead atoms. The van der Waals surface area contributed by atoms with Crippen LogP contribution in [0.5, 0.6) is 0 Å². The standard InChI is InChI=1S/2C16H10N4O4.2Fe.8H2O/c2*21-15(22)13-14(16(23)24)20-12(10-6-2-4-8-18-10)11(19-13)9-5-1-3-7-17-9;;;;;;;;;;/h2*1-8H,(H,21,22)(H,23,24);;;8*1H2/q;;2*+2;;;;;;;;. The summed E-state index contributed by atoms with van der Waals surface area (Å²) in [4.78, 5) is 76.8. The Bertz CT molecular complexity index is 1860. The second kappa shape index (κ2) is 28.7. The van der Waals surface area contributed by atoms with Crippen LogP contribution in [0.4, 0.5) is 0 Å². The van der Waals surface area contributed by atoms with Gasteiger partial charge in [0, 0.05) is 24.8 Å². The van der Waals surface area contributed by atoms with Crippen LogP contribution in [0.25, 0.3) is 45.6 Å². The van der Waals surface area contributed by atoms with E-state index in [0.717, 1.165) is 0 Å². The fraction of sp³-hybridized carbons (Fsp3) is 0. The molecule has 0 fully saturated rings. The van der Waals surface area contributed by atoms with Gasteiger partial charge in [-0.1, -0.05) is 24.3 Å². The topological polar surface area (TPSA) is 522 Å². The average Bonchev–Trinajstić information content (AvgIpc) is 3.12. The molecule has 0 radical (unpaired) electrons. The predicted octanol–water partition coefficient (Wildman–Crippen LogP) is -8.34. The summed E-state index contributed by atoms with van der Waals surface area (Å²) in [6.45, 7) is 0. The van der Waals surface area contributed by atoms with E-state index in [1.807, 2.05) is 0 Å². The fourth-order valence-corrected chi connectivity index (χ4v) is 4.17. The van der Waals surface area contributed by atoms with E-state index >= 15 is 0 Å². The van der Waals surface area contributed by atoms with Crippen LogP contribution in [-0.4, -0.2) is 85.7 Å². The minimum atomic E-state index is -1.77. The third kappa shape index (κ3) is 14.5. The first-order valence-electron chi connectivity index (χ1n) is 13.5. The molecule has 6 aromatic heterocycles. The van der Waals surface area contributed by atoms with Crippen molar-refractivity contribution < 1.29 is 118 Å². The Morgan fingerprint density at radius 1 is 0.345 bits per heavy atom. The van der Waals surface area contributed by atoms with Gasteiger partial charge < -0.3 is 83.4 Å². The predicted molar refractivity (Wildman–Crippen MR) is 188 cm³/mol. The summed E-state index contributed by atoms with van der Waals surface area (Å²) >= 11 is 0. The number of aromatic nitrogens is 8. The summed E-state index contributed by atoms with van der Waals surface area (Å²) in [6.07, 6.45) is 5.96. The van der Waals surface area contributed by atoms with Crippen LogP contribution < -0.4 is 20.4 Å². The summed E-state index contributed by atoms with van der Waals surface area (Å²) < 4.78 is 0. The van der Waals surface area contributed by atoms with Crippen molar-refractivity contribution in [1.29, 1.82) is 0 Å². The third-order valence-corrected chi connectivity index (χ3v) is 6.20. The number of carboxylic acids is 4. The van der Waals surface area contributed by atoms with E-state index in [1.54, 1.807) is 72.8 Å². The summed E-state index contributed by atoms with van der Waals surface area (Å²) in [7, 11) is 0. The Morgan fingerprint density at radius 2 is 0.517 bits per heavy atom. The molecule has 0 spiro atoms. The van der Waals surface area contributed by atoms with Crippen LogP contribution in [0.1, 0.15) is 42.0 Å². The fourth-order valence-electron chi connectivity index (χ4n) is 4.17. The summed E-state index contributed by atoms with van der Waals surface area (Å²) in [6, 6.07) is 19.8. The molecule has 20 N–H and O–H groups in total. The number of carbonyl (C=O) groups excluding carboxylic acids is 4. The Balaban J connectivity index is -0.000000199. The molecule has 0 atom stereocenters. The zero-order chi connectivity index (χ0) is 34.2. The van der Waals surface area contributed by atoms with E-state index in [4.69, 9.17) is 0 Å². The molecule has 0 aliphatic heterocycles. The second-order valence-electron chi connectivity index (χ2n) is 9.25. The van der Waals surface area contributed by atoms with E-state index in [-0.39, 0.29) is 101 Å². The molecule has 0 aromatic carbocycles. The van der Waals surface area contributed by atoms with Crippen LogP contribution in [0, 0.1) is 0 Å². The molecule has 0 amide bonds. The van der Waals surface area contributed by atoms with Gasteiger partial charge in [0.05, 0.1) is 46.7 Å². The maximum absolute atomic E-state index is 11.2. The number of hydrogen-bond acceptors (Lipinski definition) is 16. The molecule has 6 heterocycles. The Morgan fingerprint density at radius 3 is 0.638 bits per heavy atom. The average molecular weight is 900 g/mol. The first-order chi connectivity index (χ1) is 23.2. The molecule has 26 heteroatoms. The van der Waals surface area contributed by atoms with Crippen molar-refractivity contribution in [2.24, 2.45) is 0 Å². The molecule has 0 aliphatic rings. The number of nitrogens with zero attached hydrogens (tertiary/aromatic N) is 8. The van der Waals surface area contributed by atoms with Crippen LogP contribution in [0.3, 0.4) is 0 Å². The van der Waals surface area contributed by atoms with Gasteiger partial charge in [-0.15, -0.1) is 0 Å². The van der Waals surface area contributed by atoms with Crippen molar-refractivity contribution in [3.05, 3.63) is 120 Å². The number of pyridine rings is 4. The van der Waals surface area contributed by atoms with E-state index in [1.165, 1.54) is 24.8 Å². The molecule has 0 unspecified atom stereocenters. The molecule has 6 aromatic rings. The van der Waals surface area contributed by atoms with E-state index < -0.39 is 46.7 Å². The third-order valence-electron chi connectivity index (χ3n) is 6.20. The number of hydrogen-bond donors (Lipinski definition) is 0. The molecule has 0 aliphatic carbocycles. The maximum atomic E-state index is 11.2. The SMILES string of the molecule is O.O.O.O.O=C([O-])c1nc(-c2ccccn2)c(-c2ccccn2)nc1C(=O)[O-].O=C([O-])c1nc(-c2ccccn2)c(-c2ccccn2)nc1C(=O)[O-].[Fe+2].[Fe+2].[OH3+].[OH3+].[OH3+].[OH3+]. The first-order valence-corrected chi connectivity index (χ1v) is 13.5. The molecule has 58 heavy (non-hydrogen) atoms. The number of rotatable bonds is 8. The van der Waals surface area contributed by atoms with Crippen LogP contribution in [0.2, 0.25) is 0 Å². The Hall–Kier alpha value is -6.64. The summed E-state index contributed by atoms with van der Waals surface area (Å²) in [5.41, 5.74) is -1.70. The van der Waals surface area contributed by atoms with Gasteiger partial charge in [-0.05, 0) is 48.5 Å². The number of aromatic carboxylic acids is 4.